The van der Waals surface area contributed by atoms with Gasteiger partial charge in [0.15, 0.2) is 18.2 Å². The molecule has 0 unspecified atom stereocenters. The van der Waals surface area contributed by atoms with Crippen LogP contribution in [-0.2, 0) is 4.79 Å². The molecule has 32 heavy (non-hydrogen) atoms. The first-order valence-corrected chi connectivity index (χ1v) is 10.5. The number of amides is 1. The molecule has 1 aromatic heterocycles. The van der Waals surface area contributed by atoms with Crippen LogP contribution in [0.25, 0.3) is 0 Å². The standard InChI is InChI=1S/C23H22ClFN4O3/c1-16-13-28(9-10-29(16)23(30)14-31-18-5-3-2-4-6-18)21-12-22(27-15-26-21)32-20-8-7-17(24)11-19(20)25/h2-8,11-12,15-16H,9-10,13-14H2,1H3/t16-/m1/s1. The van der Waals surface area contributed by atoms with E-state index in [1.165, 1.54) is 18.5 Å². The van der Waals surface area contributed by atoms with Gasteiger partial charge >= 0.3 is 0 Å². The van der Waals surface area contributed by atoms with Crippen molar-refractivity contribution in [3.63, 3.8) is 0 Å². The van der Waals surface area contributed by atoms with Crippen LogP contribution in [0.15, 0.2) is 60.9 Å². The molecule has 2 aromatic carbocycles. The van der Waals surface area contributed by atoms with Gasteiger partial charge in [0.1, 0.15) is 17.9 Å². The van der Waals surface area contributed by atoms with E-state index in [0.29, 0.717) is 31.2 Å². The van der Waals surface area contributed by atoms with Gasteiger partial charge in [0, 0.05) is 36.8 Å². The van der Waals surface area contributed by atoms with E-state index < -0.39 is 5.82 Å². The van der Waals surface area contributed by atoms with Crippen LogP contribution in [-0.4, -0.2) is 53.1 Å². The maximum atomic E-state index is 14.0. The van der Waals surface area contributed by atoms with Crippen LogP contribution in [0.3, 0.4) is 0 Å². The smallest absolute Gasteiger partial charge is 0.260 e. The second-order valence-electron chi connectivity index (χ2n) is 7.38. The van der Waals surface area contributed by atoms with Gasteiger partial charge in [0.25, 0.3) is 5.91 Å². The lowest BCUT2D eigenvalue weighted by atomic mass is 10.2. The Labute approximate surface area is 190 Å². The highest BCUT2D eigenvalue weighted by Gasteiger charge is 2.28. The number of anilines is 1. The molecule has 7 nitrogen and oxygen atoms in total. The molecular formula is C23H22ClFN4O3. The maximum absolute atomic E-state index is 14.0. The molecule has 4 rings (SSSR count). The number of ether oxygens (including phenoxy) is 2. The molecule has 1 aliphatic heterocycles. The zero-order valence-corrected chi connectivity index (χ0v) is 18.2. The van der Waals surface area contributed by atoms with Crippen molar-refractivity contribution in [1.29, 1.82) is 0 Å². The van der Waals surface area contributed by atoms with Crippen LogP contribution in [0, 0.1) is 5.82 Å². The first-order chi connectivity index (χ1) is 15.5. The predicted molar refractivity (Wildman–Crippen MR) is 119 cm³/mol. The van der Waals surface area contributed by atoms with E-state index in [0.717, 1.165) is 0 Å². The summed E-state index contributed by atoms with van der Waals surface area (Å²) >= 11 is 5.78. The Morgan fingerprint density at radius 3 is 2.72 bits per heavy atom. The van der Waals surface area contributed by atoms with Crippen LogP contribution in [0.2, 0.25) is 5.02 Å². The number of hydrogen-bond donors (Lipinski definition) is 0. The van der Waals surface area contributed by atoms with E-state index in [4.69, 9.17) is 21.1 Å². The lowest BCUT2D eigenvalue weighted by Gasteiger charge is -2.40. The Morgan fingerprint density at radius 2 is 1.97 bits per heavy atom. The zero-order valence-electron chi connectivity index (χ0n) is 17.4. The summed E-state index contributed by atoms with van der Waals surface area (Å²) in [5.74, 6) is 0.920. The number of rotatable bonds is 6. The van der Waals surface area contributed by atoms with Crippen LogP contribution in [0.5, 0.6) is 17.4 Å². The summed E-state index contributed by atoms with van der Waals surface area (Å²) < 4.78 is 25.2. The predicted octanol–water partition coefficient (Wildman–Crippen LogP) is 4.18. The van der Waals surface area contributed by atoms with Crippen molar-refractivity contribution in [1.82, 2.24) is 14.9 Å². The third-order valence-corrected chi connectivity index (χ3v) is 5.35. The Morgan fingerprint density at radius 1 is 1.16 bits per heavy atom. The second-order valence-corrected chi connectivity index (χ2v) is 7.81. The lowest BCUT2D eigenvalue weighted by Crippen LogP contribution is -2.55. The Kier molecular flexibility index (Phi) is 6.70. The van der Waals surface area contributed by atoms with Crippen molar-refractivity contribution < 1.29 is 18.7 Å². The first-order valence-electron chi connectivity index (χ1n) is 10.2. The molecule has 0 radical (unpaired) electrons. The molecule has 1 amide bonds. The molecule has 1 saturated heterocycles. The number of nitrogens with zero attached hydrogens (tertiary/aromatic N) is 4. The van der Waals surface area contributed by atoms with Crippen molar-refractivity contribution in [2.45, 2.75) is 13.0 Å². The zero-order chi connectivity index (χ0) is 22.5. The average molecular weight is 457 g/mol. The number of halogens is 2. The highest BCUT2D eigenvalue weighted by Crippen LogP contribution is 2.27. The summed E-state index contributed by atoms with van der Waals surface area (Å²) in [5.41, 5.74) is 0. The molecule has 0 saturated carbocycles. The normalized spacial score (nSPS) is 16.0. The summed E-state index contributed by atoms with van der Waals surface area (Å²) in [4.78, 5) is 24.9. The fraction of sp³-hybridized carbons (Fsp3) is 0.261. The molecule has 1 aliphatic rings. The van der Waals surface area contributed by atoms with Crippen LogP contribution in [0.1, 0.15) is 6.92 Å². The number of aromatic nitrogens is 2. The van der Waals surface area contributed by atoms with E-state index in [9.17, 15) is 9.18 Å². The highest BCUT2D eigenvalue weighted by molar-refractivity contribution is 6.30. The largest absolute Gasteiger partial charge is 0.484 e. The summed E-state index contributed by atoms with van der Waals surface area (Å²) in [6, 6.07) is 15.0. The molecule has 166 valence electrons. The lowest BCUT2D eigenvalue weighted by molar-refractivity contribution is -0.135. The highest BCUT2D eigenvalue weighted by atomic mass is 35.5. The van der Waals surface area contributed by atoms with Gasteiger partial charge in [-0.05, 0) is 37.3 Å². The Hall–Kier alpha value is -3.39. The van der Waals surface area contributed by atoms with E-state index in [1.54, 1.807) is 17.0 Å². The fourth-order valence-corrected chi connectivity index (χ4v) is 3.67. The Bertz CT molecular complexity index is 1090. The minimum absolute atomic E-state index is 0.00744. The monoisotopic (exact) mass is 456 g/mol. The molecule has 1 fully saturated rings. The van der Waals surface area contributed by atoms with Crippen LogP contribution in [0.4, 0.5) is 10.2 Å². The summed E-state index contributed by atoms with van der Waals surface area (Å²) in [6.07, 6.45) is 1.37. The van der Waals surface area contributed by atoms with E-state index in [1.807, 2.05) is 42.2 Å². The third kappa shape index (κ3) is 5.26. The number of piperazine rings is 1. The summed E-state index contributed by atoms with van der Waals surface area (Å²) in [6.45, 7) is 3.68. The fourth-order valence-electron chi connectivity index (χ4n) is 3.51. The number of hydrogen-bond acceptors (Lipinski definition) is 6. The minimum atomic E-state index is -0.573. The molecule has 0 N–H and O–H groups in total. The van der Waals surface area contributed by atoms with E-state index >= 15 is 0 Å². The van der Waals surface area contributed by atoms with Crippen molar-refractivity contribution in [3.8, 4) is 17.4 Å². The van der Waals surface area contributed by atoms with Gasteiger partial charge in [-0.2, -0.15) is 0 Å². The maximum Gasteiger partial charge on any atom is 0.260 e. The SMILES string of the molecule is C[C@@H]1CN(c2cc(Oc3ccc(Cl)cc3F)ncn2)CCN1C(=O)COc1ccccc1. The van der Waals surface area contributed by atoms with Gasteiger partial charge < -0.3 is 19.3 Å². The van der Waals surface area contributed by atoms with Crippen molar-refractivity contribution in [2.75, 3.05) is 31.1 Å². The van der Waals surface area contributed by atoms with Gasteiger partial charge in [-0.15, -0.1) is 0 Å². The first kappa shape index (κ1) is 21.8. The van der Waals surface area contributed by atoms with E-state index in [-0.39, 0.29) is 35.2 Å². The van der Waals surface area contributed by atoms with Gasteiger partial charge in [0.2, 0.25) is 5.88 Å². The van der Waals surface area contributed by atoms with Crippen molar-refractivity contribution >= 4 is 23.3 Å². The number of carbonyl (C=O) groups excluding carboxylic acids is 1. The molecule has 0 aliphatic carbocycles. The van der Waals surface area contributed by atoms with Gasteiger partial charge in [-0.25, -0.2) is 14.4 Å². The van der Waals surface area contributed by atoms with Crippen molar-refractivity contribution in [2.24, 2.45) is 0 Å². The minimum Gasteiger partial charge on any atom is -0.484 e. The summed E-state index contributed by atoms with van der Waals surface area (Å²) in [7, 11) is 0. The topological polar surface area (TPSA) is 67.8 Å². The van der Waals surface area contributed by atoms with Gasteiger partial charge in [-0.3, -0.25) is 4.79 Å². The number of para-hydroxylation sites is 1. The quantitative estimate of drug-likeness (QED) is 0.554. The number of carbonyl (C=O) groups is 1. The molecule has 9 heteroatoms. The molecular weight excluding hydrogens is 435 g/mol. The second kappa shape index (κ2) is 9.82. The van der Waals surface area contributed by atoms with Crippen molar-refractivity contribution in [3.05, 3.63) is 71.8 Å². The molecule has 0 bridgehead atoms. The average Bonchev–Trinajstić information content (AvgIpc) is 2.80. The Balaban J connectivity index is 1.36. The third-order valence-electron chi connectivity index (χ3n) is 5.11. The molecule has 2 heterocycles. The molecule has 3 aromatic rings. The van der Waals surface area contributed by atoms with Gasteiger partial charge in [0.05, 0.1) is 0 Å². The van der Waals surface area contributed by atoms with E-state index in [2.05, 4.69) is 9.97 Å². The van der Waals surface area contributed by atoms with Gasteiger partial charge in [-0.1, -0.05) is 29.8 Å². The van der Waals surface area contributed by atoms with Crippen LogP contribution >= 0.6 is 11.6 Å². The summed E-state index contributed by atoms with van der Waals surface area (Å²) in [5, 5.41) is 0.286. The number of benzene rings is 2. The molecule has 0 spiro atoms. The molecule has 1 atom stereocenters. The van der Waals surface area contributed by atoms with Crippen LogP contribution < -0.4 is 14.4 Å².